The van der Waals surface area contributed by atoms with Crippen molar-refractivity contribution in [2.24, 2.45) is 0 Å². The molecule has 0 aliphatic rings. The third-order valence-corrected chi connectivity index (χ3v) is 3.60. The molecule has 0 spiro atoms. The van der Waals surface area contributed by atoms with Gasteiger partial charge < -0.3 is 4.98 Å². The fourth-order valence-electron chi connectivity index (χ4n) is 2.08. The second-order valence-corrected chi connectivity index (χ2v) is 5.07. The van der Waals surface area contributed by atoms with E-state index in [0.717, 1.165) is 11.0 Å². The molecule has 96 valence electrons. The Labute approximate surface area is 115 Å². The first kappa shape index (κ1) is 12.2. The normalized spacial score (nSPS) is 11.2. The van der Waals surface area contributed by atoms with Gasteiger partial charge in [0.1, 0.15) is 11.6 Å². The van der Waals surface area contributed by atoms with Crippen LogP contribution in [0.4, 0.5) is 4.39 Å². The summed E-state index contributed by atoms with van der Waals surface area (Å²) >= 11 is 6.05. The predicted octanol–water partition coefficient (Wildman–Crippen LogP) is 4.64. The quantitative estimate of drug-likeness (QED) is 0.688. The molecule has 19 heavy (non-hydrogen) atoms. The number of aromatic nitrogens is 2. The largest absolute Gasteiger partial charge is 0.338 e. The molecule has 1 aromatic heterocycles. The number of H-pyrrole nitrogens is 1. The van der Waals surface area contributed by atoms with E-state index in [0.29, 0.717) is 16.4 Å². The molecule has 4 heteroatoms. The van der Waals surface area contributed by atoms with Crippen molar-refractivity contribution in [2.45, 2.75) is 13.8 Å². The molecule has 0 fully saturated rings. The number of aromatic amines is 1. The lowest BCUT2D eigenvalue weighted by molar-refractivity contribution is 0.628. The molecule has 3 aromatic rings. The molecule has 0 amide bonds. The van der Waals surface area contributed by atoms with E-state index in [1.54, 1.807) is 6.07 Å². The number of hydrogen-bond acceptors (Lipinski definition) is 1. The molecular formula is C15H12ClFN2. The molecule has 1 N–H and O–H groups in total. The van der Waals surface area contributed by atoms with Gasteiger partial charge in [0.05, 0.1) is 16.1 Å². The molecule has 0 bridgehead atoms. The van der Waals surface area contributed by atoms with Gasteiger partial charge in [-0.15, -0.1) is 0 Å². The molecule has 3 rings (SSSR count). The van der Waals surface area contributed by atoms with E-state index in [-0.39, 0.29) is 5.82 Å². The van der Waals surface area contributed by atoms with E-state index < -0.39 is 0 Å². The maximum absolute atomic E-state index is 13.1. The third-order valence-electron chi connectivity index (χ3n) is 3.28. The molecular weight excluding hydrogens is 263 g/mol. The van der Waals surface area contributed by atoms with Gasteiger partial charge in [0.25, 0.3) is 0 Å². The number of rotatable bonds is 1. The Balaban J connectivity index is 2.20. The van der Waals surface area contributed by atoms with Crippen molar-refractivity contribution in [3.63, 3.8) is 0 Å². The van der Waals surface area contributed by atoms with Crippen molar-refractivity contribution in [3.05, 3.63) is 52.3 Å². The van der Waals surface area contributed by atoms with Crippen LogP contribution in [-0.2, 0) is 0 Å². The number of halogens is 2. The van der Waals surface area contributed by atoms with E-state index in [1.807, 2.05) is 13.0 Å². The van der Waals surface area contributed by atoms with Gasteiger partial charge in [-0.25, -0.2) is 9.37 Å². The average molecular weight is 275 g/mol. The van der Waals surface area contributed by atoms with Crippen molar-refractivity contribution < 1.29 is 4.39 Å². The molecule has 2 nitrogen and oxygen atoms in total. The minimum absolute atomic E-state index is 0.350. The summed E-state index contributed by atoms with van der Waals surface area (Å²) in [5, 5.41) is 0.354. The molecule has 0 unspecified atom stereocenters. The zero-order chi connectivity index (χ0) is 13.6. The highest BCUT2D eigenvalue weighted by Crippen LogP contribution is 2.28. The number of imidazole rings is 1. The zero-order valence-corrected chi connectivity index (χ0v) is 11.3. The number of aryl methyl sites for hydroxylation is 2. The van der Waals surface area contributed by atoms with Gasteiger partial charge in [-0.1, -0.05) is 11.6 Å². The van der Waals surface area contributed by atoms with Crippen LogP contribution in [0.3, 0.4) is 0 Å². The maximum Gasteiger partial charge on any atom is 0.140 e. The highest BCUT2D eigenvalue weighted by molar-refractivity contribution is 6.33. The second-order valence-electron chi connectivity index (χ2n) is 4.66. The molecule has 0 aliphatic heterocycles. The van der Waals surface area contributed by atoms with Gasteiger partial charge in [0, 0.05) is 5.56 Å². The molecule has 0 radical (unpaired) electrons. The summed E-state index contributed by atoms with van der Waals surface area (Å²) in [5.41, 5.74) is 4.94. The predicted molar refractivity (Wildman–Crippen MR) is 76.0 cm³/mol. The number of benzene rings is 2. The standard InChI is InChI=1S/C15H12ClFN2/c1-8-5-13-14(6-9(8)2)19-15(18-13)11-4-3-10(17)7-12(11)16/h3-7H,1-2H3,(H,18,19). The van der Waals surface area contributed by atoms with E-state index in [4.69, 9.17) is 11.6 Å². The van der Waals surface area contributed by atoms with Crippen LogP contribution in [0.15, 0.2) is 30.3 Å². The van der Waals surface area contributed by atoms with E-state index in [9.17, 15) is 4.39 Å². The van der Waals surface area contributed by atoms with Crippen molar-refractivity contribution in [3.8, 4) is 11.4 Å². The molecule has 1 heterocycles. The first-order valence-corrected chi connectivity index (χ1v) is 6.35. The minimum Gasteiger partial charge on any atom is -0.338 e. The molecule has 2 aromatic carbocycles. The van der Waals surface area contributed by atoms with Crippen molar-refractivity contribution in [1.82, 2.24) is 9.97 Å². The first-order valence-electron chi connectivity index (χ1n) is 5.97. The lowest BCUT2D eigenvalue weighted by Gasteiger charge is -1.99. The second kappa shape index (κ2) is 4.35. The van der Waals surface area contributed by atoms with Crippen LogP contribution in [-0.4, -0.2) is 9.97 Å². The number of fused-ring (bicyclic) bond motifs is 1. The summed E-state index contributed by atoms with van der Waals surface area (Å²) in [6, 6.07) is 8.39. The lowest BCUT2D eigenvalue weighted by atomic mass is 10.1. The number of nitrogens with zero attached hydrogens (tertiary/aromatic N) is 1. The van der Waals surface area contributed by atoms with E-state index >= 15 is 0 Å². The van der Waals surface area contributed by atoms with Crippen LogP contribution in [0.25, 0.3) is 22.4 Å². The fourth-order valence-corrected chi connectivity index (χ4v) is 2.34. The highest BCUT2D eigenvalue weighted by Gasteiger charge is 2.10. The van der Waals surface area contributed by atoms with Crippen LogP contribution in [0.1, 0.15) is 11.1 Å². The van der Waals surface area contributed by atoms with Crippen LogP contribution >= 0.6 is 11.6 Å². The van der Waals surface area contributed by atoms with Crippen LogP contribution in [0.5, 0.6) is 0 Å². The van der Waals surface area contributed by atoms with Crippen molar-refractivity contribution >= 4 is 22.6 Å². The Morgan fingerprint density at radius 3 is 2.58 bits per heavy atom. The summed E-state index contributed by atoms with van der Waals surface area (Å²) < 4.78 is 13.1. The summed E-state index contributed by atoms with van der Waals surface area (Å²) in [5.74, 6) is 0.307. The van der Waals surface area contributed by atoms with E-state index in [1.165, 1.54) is 23.3 Å². The van der Waals surface area contributed by atoms with Gasteiger partial charge in [0.15, 0.2) is 0 Å². The first-order chi connectivity index (χ1) is 9.04. The van der Waals surface area contributed by atoms with Gasteiger partial charge >= 0.3 is 0 Å². The summed E-state index contributed by atoms with van der Waals surface area (Å²) in [7, 11) is 0. The highest BCUT2D eigenvalue weighted by atomic mass is 35.5. The van der Waals surface area contributed by atoms with Crippen LogP contribution in [0, 0.1) is 19.7 Å². The Kier molecular flexibility index (Phi) is 2.79. The van der Waals surface area contributed by atoms with Gasteiger partial charge in [0.2, 0.25) is 0 Å². The maximum atomic E-state index is 13.1. The molecule has 0 aliphatic carbocycles. The smallest absolute Gasteiger partial charge is 0.140 e. The van der Waals surface area contributed by atoms with Crippen LogP contribution in [0.2, 0.25) is 5.02 Å². The fraction of sp³-hybridized carbons (Fsp3) is 0.133. The topological polar surface area (TPSA) is 28.7 Å². The van der Waals surface area contributed by atoms with Gasteiger partial charge in [-0.2, -0.15) is 0 Å². The molecule has 0 saturated carbocycles. The van der Waals surface area contributed by atoms with Crippen molar-refractivity contribution in [1.29, 1.82) is 0 Å². The lowest BCUT2D eigenvalue weighted by Crippen LogP contribution is -1.83. The Morgan fingerprint density at radius 2 is 1.84 bits per heavy atom. The van der Waals surface area contributed by atoms with Crippen molar-refractivity contribution in [2.75, 3.05) is 0 Å². The average Bonchev–Trinajstić information content (AvgIpc) is 2.72. The van der Waals surface area contributed by atoms with Gasteiger partial charge in [-0.3, -0.25) is 0 Å². The van der Waals surface area contributed by atoms with Crippen LogP contribution < -0.4 is 0 Å². The van der Waals surface area contributed by atoms with E-state index in [2.05, 4.69) is 23.0 Å². The summed E-state index contributed by atoms with van der Waals surface area (Å²) in [4.78, 5) is 7.74. The molecule has 0 saturated heterocycles. The number of hydrogen-bond donors (Lipinski definition) is 1. The molecule has 0 atom stereocenters. The minimum atomic E-state index is -0.350. The Bertz CT molecular complexity index is 738. The Hall–Kier alpha value is -1.87. The van der Waals surface area contributed by atoms with Gasteiger partial charge in [-0.05, 0) is 55.3 Å². The monoisotopic (exact) mass is 274 g/mol. The third kappa shape index (κ3) is 2.10. The summed E-state index contributed by atoms with van der Waals surface area (Å²) in [6.07, 6.45) is 0. The SMILES string of the molecule is Cc1cc2nc(-c3ccc(F)cc3Cl)[nH]c2cc1C. The summed E-state index contributed by atoms with van der Waals surface area (Å²) in [6.45, 7) is 4.11. The number of nitrogens with one attached hydrogen (secondary N) is 1. The zero-order valence-electron chi connectivity index (χ0n) is 10.6. The Morgan fingerprint density at radius 1 is 1.11 bits per heavy atom.